The van der Waals surface area contributed by atoms with Gasteiger partial charge in [-0.25, -0.2) is 0 Å². The zero-order chi connectivity index (χ0) is 21.9. The SMILES string of the molecule is CCC1=NC(C(F)(F)F)C(=O)CN1CCOc1ccc(CC2SC(=O)NC2=O)cc1. The molecule has 0 aliphatic carbocycles. The molecule has 1 saturated heterocycles. The van der Waals surface area contributed by atoms with Crippen LogP contribution in [0, 0.1) is 0 Å². The topological polar surface area (TPSA) is 88.1 Å². The minimum absolute atomic E-state index is 0.164. The lowest BCUT2D eigenvalue weighted by atomic mass is 10.1. The van der Waals surface area contributed by atoms with E-state index in [0.717, 1.165) is 17.3 Å². The normalized spacial score (nSPS) is 22.2. The van der Waals surface area contributed by atoms with Crippen LogP contribution in [-0.4, -0.2) is 64.8 Å². The van der Waals surface area contributed by atoms with Crippen LogP contribution >= 0.6 is 11.8 Å². The van der Waals surface area contributed by atoms with E-state index in [1.807, 2.05) is 0 Å². The summed E-state index contributed by atoms with van der Waals surface area (Å²) < 4.78 is 44.3. The monoisotopic (exact) mass is 443 g/mol. The minimum atomic E-state index is -4.67. The molecule has 2 heterocycles. The lowest BCUT2D eigenvalue weighted by Crippen LogP contribution is -2.50. The van der Waals surface area contributed by atoms with Crippen molar-refractivity contribution in [2.75, 3.05) is 19.7 Å². The number of carbonyl (C=O) groups is 3. The van der Waals surface area contributed by atoms with E-state index in [4.69, 9.17) is 4.74 Å². The van der Waals surface area contributed by atoms with Crippen LogP contribution in [0.2, 0.25) is 0 Å². The summed E-state index contributed by atoms with van der Waals surface area (Å²) in [6, 6.07) is 4.70. The van der Waals surface area contributed by atoms with E-state index in [1.54, 1.807) is 31.2 Å². The van der Waals surface area contributed by atoms with E-state index in [2.05, 4.69) is 10.3 Å². The highest BCUT2D eigenvalue weighted by molar-refractivity contribution is 8.15. The number of Topliss-reactive ketones (excluding diaryl/α,β-unsaturated/α-hetero) is 1. The number of amides is 2. The molecule has 0 radical (unpaired) electrons. The number of benzene rings is 1. The first kappa shape index (κ1) is 22.1. The van der Waals surface area contributed by atoms with E-state index >= 15 is 0 Å². The fourth-order valence-electron chi connectivity index (χ4n) is 3.18. The number of amidine groups is 1. The zero-order valence-corrected chi connectivity index (χ0v) is 16.9. The summed E-state index contributed by atoms with van der Waals surface area (Å²) in [6.45, 7) is 1.73. The van der Waals surface area contributed by atoms with E-state index in [1.165, 1.54) is 4.90 Å². The smallest absolute Gasteiger partial charge is 0.418 e. The first-order valence-electron chi connectivity index (χ1n) is 9.31. The molecule has 1 aromatic rings. The van der Waals surface area contributed by atoms with Gasteiger partial charge in [0.25, 0.3) is 5.24 Å². The van der Waals surface area contributed by atoms with Crippen molar-refractivity contribution in [2.24, 2.45) is 4.99 Å². The Morgan fingerprint density at radius 3 is 2.50 bits per heavy atom. The lowest BCUT2D eigenvalue weighted by Gasteiger charge is -2.32. The van der Waals surface area contributed by atoms with Crippen molar-refractivity contribution in [3.05, 3.63) is 29.8 Å². The summed E-state index contributed by atoms with van der Waals surface area (Å²) in [5.41, 5.74) is 0.866. The molecule has 1 fully saturated rings. The lowest BCUT2D eigenvalue weighted by molar-refractivity contribution is -0.162. The van der Waals surface area contributed by atoms with Crippen molar-refractivity contribution in [2.45, 2.75) is 37.2 Å². The molecule has 2 unspecified atom stereocenters. The summed E-state index contributed by atoms with van der Waals surface area (Å²) in [4.78, 5) is 39.7. The minimum Gasteiger partial charge on any atom is -0.492 e. The van der Waals surface area contributed by atoms with Gasteiger partial charge in [-0.1, -0.05) is 30.8 Å². The number of alkyl halides is 3. The average Bonchev–Trinajstić information content (AvgIpc) is 2.99. The number of nitrogens with one attached hydrogen (secondary N) is 1. The van der Waals surface area contributed by atoms with Crippen molar-refractivity contribution in [3.8, 4) is 5.75 Å². The van der Waals surface area contributed by atoms with Gasteiger partial charge in [-0.05, 0) is 24.1 Å². The summed E-state index contributed by atoms with van der Waals surface area (Å²) >= 11 is 0.961. The van der Waals surface area contributed by atoms with E-state index in [9.17, 15) is 27.6 Å². The summed E-state index contributed by atoms with van der Waals surface area (Å²) in [6.07, 6.45) is -3.98. The molecule has 0 spiro atoms. The molecule has 2 aliphatic heterocycles. The van der Waals surface area contributed by atoms with Crippen LogP contribution in [0.5, 0.6) is 5.75 Å². The average molecular weight is 443 g/mol. The van der Waals surface area contributed by atoms with E-state index < -0.39 is 23.3 Å². The Hall–Kier alpha value is -2.56. The predicted octanol–water partition coefficient (Wildman–Crippen LogP) is 2.58. The van der Waals surface area contributed by atoms with Crippen LogP contribution in [0.1, 0.15) is 18.9 Å². The largest absolute Gasteiger partial charge is 0.492 e. The summed E-state index contributed by atoms with van der Waals surface area (Å²) in [7, 11) is 0. The van der Waals surface area contributed by atoms with Gasteiger partial charge in [0, 0.05) is 6.42 Å². The molecule has 0 saturated carbocycles. The Balaban J connectivity index is 1.52. The number of thioether (sulfide) groups is 1. The molecule has 30 heavy (non-hydrogen) atoms. The van der Waals surface area contributed by atoms with Gasteiger partial charge < -0.3 is 9.64 Å². The number of carbonyl (C=O) groups excluding carboxylic acids is 3. The fraction of sp³-hybridized carbons (Fsp3) is 0.474. The second kappa shape index (κ2) is 9.07. The molecule has 3 rings (SSSR count). The molecule has 11 heteroatoms. The maximum absolute atomic E-state index is 12.9. The third kappa shape index (κ3) is 5.32. The number of aliphatic imine (C=N–C) groups is 1. The Labute approximate surface area is 175 Å². The number of ketones is 1. The van der Waals surface area contributed by atoms with Crippen LogP contribution in [0.15, 0.2) is 29.3 Å². The highest BCUT2D eigenvalue weighted by Crippen LogP contribution is 2.27. The number of imide groups is 1. The Bertz CT molecular complexity index is 858. The third-order valence-corrected chi connectivity index (χ3v) is 5.64. The molecule has 0 bridgehead atoms. The molecule has 0 aromatic heterocycles. The fourth-order valence-corrected chi connectivity index (χ4v) is 4.04. The molecule has 2 atom stereocenters. The Morgan fingerprint density at radius 1 is 1.23 bits per heavy atom. The highest BCUT2D eigenvalue weighted by atomic mass is 32.2. The predicted molar refractivity (Wildman–Crippen MR) is 105 cm³/mol. The molecule has 162 valence electrons. The number of halogens is 3. The van der Waals surface area contributed by atoms with Crippen LogP contribution in [0.3, 0.4) is 0 Å². The van der Waals surface area contributed by atoms with Gasteiger partial charge in [0.05, 0.1) is 18.3 Å². The highest BCUT2D eigenvalue weighted by Gasteiger charge is 2.47. The maximum atomic E-state index is 12.9. The third-order valence-electron chi connectivity index (χ3n) is 4.66. The number of nitrogens with zero attached hydrogens (tertiary/aromatic N) is 2. The van der Waals surface area contributed by atoms with Gasteiger partial charge in [0.1, 0.15) is 18.2 Å². The second-order valence-corrected chi connectivity index (χ2v) is 7.99. The van der Waals surface area contributed by atoms with Crippen molar-refractivity contribution in [1.82, 2.24) is 10.2 Å². The molecule has 1 N–H and O–H groups in total. The van der Waals surface area contributed by atoms with E-state index in [0.29, 0.717) is 12.2 Å². The van der Waals surface area contributed by atoms with Gasteiger partial charge in [-0.3, -0.25) is 24.7 Å². The Morgan fingerprint density at radius 2 is 1.93 bits per heavy atom. The van der Waals surface area contributed by atoms with Crippen molar-refractivity contribution in [3.63, 3.8) is 0 Å². The second-order valence-electron chi connectivity index (χ2n) is 6.81. The van der Waals surface area contributed by atoms with E-state index in [-0.39, 0.29) is 43.1 Å². The number of hydrogen-bond acceptors (Lipinski definition) is 7. The van der Waals surface area contributed by atoms with Gasteiger partial charge in [0.15, 0.2) is 5.78 Å². The standard InChI is InChI=1S/C19H20F3N3O4S/c1-2-15-23-16(19(20,21)22)13(26)10-25(15)7-8-29-12-5-3-11(4-6-12)9-14-17(27)24-18(28)30-14/h3-6,14,16H,2,7-10H2,1H3,(H,24,27,28). The van der Waals surface area contributed by atoms with Crippen molar-refractivity contribution < 1.29 is 32.3 Å². The number of hydrogen-bond donors (Lipinski definition) is 1. The van der Waals surface area contributed by atoms with Gasteiger partial charge in [-0.2, -0.15) is 13.2 Å². The van der Waals surface area contributed by atoms with Crippen molar-refractivity contribution in [1.29, 1.82) is 0 Å². The van der Waals surface area contributed by atoms with Gasteiger partial charge in [0.2, 0.25) is 11.9 Å². The molecule has 2 aliphatic rings. The quantitative estimate of drug-likeness (QED) is 0.697. The van der Waals surface area contributed by atoms with Crippen LogP contribution in [0.4, 0.5) is 18.0 Å². The van der Waals surface area contributed by atoms with Crippen molar-refractivity contribution >= 4 is 34.5 Å². The van der Waals surface area contributed by atoms with Crippen LogP contribution in [-0.2, 0) is 16.0 Å². The molecule has 7 nitrogen and oxygen atoms in total. The maximum Gasteiger partial charge on any atom is 0.418 e. The molecule has 2 amide bonds. The molecular formula is C19H20F3N3O4S. The number of ether oxygens (including phenoxy) is 1. The first-order valence-corrected chi connectivity index (χ1v) is 10.2. The summed E-state index contributed by atoms with van der Waals surface area (Å²) in [5.74, 6) is -0.499. The zero-order valence-electron chi connectivity index (χ0n) is 16.1. The van der Waals surface area contributed by atoms with Crippen LogP contribution < -0.4 is 10.1 Å². The van der Waals surface area contributed by atoms with Crippen LogP contribution in [0.25, 0.3) is 0 Å². The summed E-state index contributed by atoms with van der Waals surface area (Å²) in [5, 5.41) is 1.44. The van der Waals surface area contributed by atoms with Gasteiger partial charge >= 0.3 is 6.18 Å². The molecular weight excluding hydrogens is 423 g/mol. The number of rotatable bonds is 7. The first-order chi connectivity index (χ1) is 14.2. The Kier molecular flexibility index (Phi) is 6.69. The van der Waals surface area contributed by atoms with Gasteiger partial charge in [-0.15, -0.1) is 0 Å². The molecule has 1 aromatic carbocycles.